The van der Waals surface area contributed by atoms with Crippen molar-refractivity contribution in [2.24, 2.45) is 23.7 Å². The number of alkyl halides is 2. The first-order valence-corrected chi connectivity index (χ1v) is 15.9. The Kier molecular flexibility index (Phi) is 8.74. The van der Waals surface area contributed by atoms with Crippen LogP contribution in [0, 0.1) is 52.8 Å². The minimum atomic E-state index is -2.68. The zero-order valence-corrected chi connectivity index (χ0v) is 27.2. The smallest absolute Gasteiger partial charge is 0.303 e. The van der Waals surface area contributed by atoms with Crippen molar-refractivity contribution < 1.29 is 60.9 Å². The highest BCUT2D eigenvalue weighted by Gasteiger charge is 2.76. The fourth-order valence-corrected chi connectivity index (χ4v) is 8.38. The highest BCUT2D eigenvalue weighted by Crippen LogP contribution is 2.64. The van der Waals surface area contributed by atoms with Gasteiger partial charge in [0.1, 0.15) is 5.69 Å². The van der Waals surface area contributed by atoms with E-state index in [1.807, 2.05) is 0 Å². The summed E-state index contributed by atoms with van der Waals surface area (Å²) in [6, 6.07) is 4.11. The number of phenols is 1. The van der Waals surface area contributed by atoms with Gasteiger partial charge in [0.05, 0.1) is 18.9 Å². The monoisotopic (exact) mass is 742 g/mol. The number of benzene rings is 2. The first-order chi connectivity index (χ1) is 23.5. The third-order valence-corrected chi connectivity index (χ3v) is 11.3. The van der Waals surface area contributed by atoms with E-state index < -0.39 is 104 Å². The molecule has 2 N–H and O–H groups in total. The third kappa shape index (κ3) is 4.91. The van der Waals surface area contributed by atoms with Crippen LogP contribution in [0.1, 0.15) is 31.2 Å². The highest BCUT2D eigenvalue weighted by atomic mass is 35.5. The van der Waals surface area contributed by atoms with Crippen LogP contribution in [0.2, 0.25) is 0 Å². The van der Waals surface area contributed by atoms with Crippen LogP contribution in [-0.2, 0) is 24.0 Å². The van der Waals surface area contributed by atoms with Gasteiger partial charge in [-0.15, -0.1) is 23.2 Å². The number of methoxy groups -OCH3 is 1. The number of ether oxygens (including phenoxy) is 1. The van der Waals surface area contributed by atoms with Crippen molar-refractivity contribution in [2.45, 2.75) is 35.4 Å². The van der Waals surface area contributed by atoms with Crippen molar-refractivity contribution >= 4 is 64.6 Å². The molecule has 10 nitrogen and oxygen atoms in total. The molecule has 17 heteroatoms. The fourth-order valence-electron chi connectivity index (χ4n) is 7.49. The molecule has 264 valence electrons. The Morgan fingerprint density at radius 3 is 2.24 bits per heavy atom. The van der Waals surface area contributed by atoms with Gasteiger partial charge in [0.2, 0.25) is 17.6 Å². The molecule has 6 rings (SSSR count). The number of halogens is 7. The normalized spacial score (nSPS) is 29.0. The number of amides is 4. The van der Waals surface area contributed by atoms with Crippen molar-refractivity contribution in [3.05, 3.63) is 70.6 Å². The van der Waals surface area contributed by atoms with Gasteiger partial charge >= 0.3 is 5.97 Å². The van der Waals surface area contributed by atoms with Crippen LogP contribution in [0.25, 0.3) is 6.08 Å². The standard InChI is InChI=1S/C33H25Cl2F5N2O8/c1-50-19-11-13(5-9-18(19)43)4-8-17-14-6-7-15-21(29(47)41(28(15)46)10-2-3-20(44)45)16(14)12-32(34)30(48)42(31(49)33(17,32)35)27-25(39)23(37)22(36)24(38)26(27)40/h4-6,8-9,11,15-17,21,43H,2-3,7,10,12H2,1H3,(H,44,45). The molecule has 4 amide bonds. The number of carboxylic acid groups (broad SMARTS) is 1. The van der Waals surface area contributed by atoms with Crippen LogP contribution in [0.5, 0.6) is 11.5 Å². The van der Waals surface area contributed by atoms with Gasteiger partial charge in [-0.3, -0.25) is 28.9 Å². The lowest BCUT2D eigenvalue weighted by Crippen LogP contribution is -2.60. The number of carbonyl (C=O) groups excluding carboxylic acids is 4. The van der Waals surface area contributed by atoms with Crippen molar-refractivity contribution in [3.63, 3.8) is 0 Å². The Morgan fingerprint density at radius 2 is 1.62 bits per heavy atom. The Hall–Kier alpha value is -4.50. The quantitative estimate of drug-likeness (QED) is 0.0955. The lowest BCUT2D eigenvalue weighted by atomic mass is 9.57. The SMILES string of the molecule is COc1cc(C=CC2C3=CCC4C(=O)N(CCCC(=O)O)C(=O)C4C3CC3(Cl)C(=O)N(c4c(F)c(F)c(F)c(F)c4F)C(=O)C23Cl)ccc1O. The van der Waals surface area contributed by atoms with E-state index in [9.17, 15) is 42.3 Å². The van der Waals surface area contributed by atoms with E-state index >= 15 is 8.78 Å². The van der Waals surface area contributed by atoms with Crippen LogP contribution in [0.4, 0.5) is 27.6 Å². The number of carbonyl (C=O) groups is 5. The molecule has 2 aliphatic carbocycles. The summed E-state index contributed by atoms with van der Waals surface area (Å²) < 4.78 is 78.0. The van der Waals surface area contributed by atoms with E-state index in [4.69, 9.17) is 33.0 Å². The predicted octanol–water partition coefficient (Wildman–Crippen LogP) is 5.07. The Bertz CT molecular complexity index is 1930. The number of aromatic hydroxyl groups is 1. The topological polar surface area (TPSA) is 142 Å². The predicted molar refractivity (Wildman–Crippen MR) is 164 cm³/mol. The lowest BCUT2D eigenvalue weighted by molar-refractivity contribution is -0.142. The lowest BCUT2D eigenvalue weighted by Gasteiger charge is -2.49. The van der Waals surface area contributed by atoms with Crippen molar-refractivity contribution in [3.8, 4) is 11.5 Å². The molecule has 1 saturated carbocycles. The summed E-state index contributed by atoms with van der Waals surface area (Å²) in [6.07, 6.45) is 3.13. The molecule has 0 radical (unpaired) electrons. The molecule has 2 aromatic rings. The molecule has 6 atom stereocenters. The maximum Gasteiger partial charge on any atom is 0.303 e. The zero-order chi connectivity index (χ0) is 36.6. The molecule has 2 saturated heterocycles. The molecular weight excluding hydrogens is 718 g/mol. The number of hydrogen-bond donors (Lipinski definition) is 2. The largest absolute Gasteiger partial charge is 0.504 e. The second kappa shape index (κ2) is 12.4. The number of carboxylic acids is 1. The van der Waals surface area contributed by atoms with Gasteiger partial charge in [0.15, 0.2) is 44.5 Å². The van der Waals surface area contributed by atoms with Crippen molar-refractivity contribution in [1.29, 1.82) is 0 Å². The molecule has 2 heterocycles. The fraction of sp³-hybridized carbons (Fsp3) is 0.364. The zero-order valence-electron chi connectivity index (χ0n) is 25.7. The van der Waals surface area contributed by atoms with E-state index in [1.54, 1.807) is 0 Å². The average Bonchev–Trinajstić information content (AvgIpc) is 3.40. The second-order valence-corrected chi connectivity index (χ2v) is 13.6. The number of anilines is 1. The van der Waals surface area contributed by atoms with E-state index in [0.717, 1.165) is 4.90 Å². The van der Waals surface area contributed by atoms with Crippen LogP contribution < -0.4 is 9.64 Å². The van der Waals surface area contributed by atoms with E-state index in [-0.39, 0.29) is 47.8 Å². The minimum Gasteiger partial charge on any atom is -0.504 e. The molecule has 0 aromatic heterocycles. The molecule has 6 unspecified atom stereocenters. The molecular formula is C33H25Cl2F5N2O8. The third-order valence-electron chi connectivity index (χ3n) is 9.83. The van der Waals surface area contributed by atoms with Crippen LogP contribution in [0.15, 0.2) is 35.9 Å². The number of nitrogens with zero attached hydrogens (tertiary/aromatic N) is 2. The van der Waals surface area contributed by atoms with Crippen LogP contribution in [-0.4, -0.2) is 68.1 Å². The summed E-state index contributed by atoms with van der Waals surface area (Å²) in [7, 11) is 1.29. The molecule has 2 aromatic carbocycles. The summed E-state index contributed by atoms with van der Waals surface area (Å²) in [5.74, 6) is -23.0. The van der Waals surface area contributed by atoms with E-state index in [2.05, 4.69) is 0 Å². The van der Waals surface area contributed by atoms with Gasteiger partial charge in [-0.1, -0.05) is 29.9 Å². The minimum absolute atomic E-state index is 0.0448. The maximum atomic E-state index is 15.1. The van der Waals surface area contributed by atoms with E-state index in [0.29, 0.717) is 5.56 Å². The Morgan fingerprint density at radius 1 is 0.980 bits per heavy atom. The first-order valence-electron chi connectivity index (χ1n) is 15.1. The van der Waals surface area contributed by atoms with Crippen molar-refractivity contribution in [2.75, 3.05) is 18.6 Å². The van der Waals surface area contributed by atoms with Crippen LogP contribution in [0.3, 0.4) is 0 Å². The molecule has 4 aliphatic rings. The van der Waals surface area contributed by atoms with Gasteiger partial charge in [0, 0.05) is 18.9 Å². The van der Waals surface area contributed by atoms with Gasteiger partial charge < -0.3 is 14.9 Å². The summed E-state index contributed by atoms with van der Waals surface area (Å²) in [6.45, 7) is -0.220. The van der Waals surface area contributed by atoms with Gasteiger partial charge in [-0.25, -0.2) is 26.9 Å². The second-order valence-electron chi connectivity index (χ2n) is 12.4. The maximum absolute atomic E-state index is 15.1. The number of phenolic OH excluding ortho intramolecular Hbond substituents is 1. The summed E-state index contributed by atoms with van der Waals surface area (Å²) >= 11 is 14.0. The average molecular weight is 743 g/mol. The summed E-state index contributed by atoms with van der Waals surface area (Å²) in [5, 5.41) is 19.1. The Labute approximate surface area is 289 Å². The number of fused-ring (bicyclic) bond motifs is 4. The molecule has 3 fully saturated rings. The van der Waals surface area contributed by atoms with Gasteiger partial charge in [-0.05, 0) is 42.9 Å². The summed E-state index contributed by atoms with van der Waals surface area (Å²) in [5.41, 5.74) is -1.29. The molecule has 2 aliphatic heterocycles. The van der Waals surface area contributed by atoms with Crippen molar-refractivity contribution in [1.82, 2.24) is 4.90 Å². The number of hydrogen-bond acceptors (Lipinski definition) is 7. The van der Waals surface area contributed by atoms with E-state index in [1.165, 1.54) is 43.5 Å². The first kappa shape index (κ1) is 35.3. The number of rotatable bonds is 8. The molecule has 0 bridgehead atoms. The number of allylic oxidation sites excluding steroid dienone is 3. The molecule has 50 heavy (non-hydrogen) atoms. The Balaban J connectivity index is 1.50. The number of aliphatic carboxylic acids is 1. The van der Waals surface area contributed by atoms with Gasteiger partial charge in [0.25, 0.3) is 11.8 Å². The number of imide groups is 2. The number of likely N-dealkylation sites (tertiary alicyclic amines) is 1. The molecule has 0 spiro atoms. The van der Waals surface area contributed by atoms with Crippen LogP contribution >= 0.6 is 23.2 Å². The van der Waals surface area contributed by atoms with Gasteiger partial charge in [-0.2, -0.15) is 0 Å². The highest BCUT2D eigenvalue weighted by molar-refractivity contribution is 6.58. The summed E-state index contributed by atoms with van der Waals surface area (Å²) in [4.78, 5) is 61.9.